The molecule has 3 rings (SSSR count). The summed E-state index contributed by atoms with van der Waals surface area (Å²) >= 11 is 0. The highest BCUT2D eigenvalue weighted by molar-refractivity contribution is 5.90. The summed E-state index contributed by atoms with van der Waals surface area (Å²) in [6, 6.07) is 9.76. The first-order valence-corrected chi connectivity index (χ1v) is 9.45. The molecule has 0 bridgehead atoms. The maximum Gasteiger partial charge on any atom is 0.322 e. The summed E-state index contributed by atoms with van der Waals surface area (Å²) in [5.41, 5.74) is 3.70. The van der Waals surface area contributed by atoms with E-state index in [1.54, 1.807) is 6.92 Å². The Hall–Kier alpha value is -2.38. The monoisotopic (exact) mass is 371 g/mol. The van der Waals surface area contributed by atoms with Gasteiger partial charge in [-0.05, 0) is 52.0 Å². The Kier molecular flexibility index (Phi) is 5.82. The molecule has 1 fully saturated rings. The van der Waals surface area contributed by atoms with Gasteiger partial charge in [0.05, 0.1) is 17.5 Å². The predicted molar refractivity (Wildman–Crippen MR) is 106 cm³/mol. The molecule has 2 atom stereocenters. The molecule has 1 aromatic heterocycles. The molecule has 27 heavy (non-hydrogen) atoms. The van der Waals surface area contributed by atoms with Crippen LogP contribution in [-0.4, -0.2) is 69.0 Å². The van der Waals surface area contributed by atoms with Gasteiger partial charge in [-0.15, -0.1) is 0 Å². The lowest BCUT2D eigenvalue weighted by molar-refractivity contribution is 0.0692. The van der Waals surface area contributed by atoms with Crippen molar-refractivity contribution < 1.29 is 9.90 Å². The molecule has 0 radical (unpaired) electrons. The van der Waals surface area contributed by atoms with Gasteiger partial charge in [0.1, 0.15) is 0 Å². The van der Waals surface area contributed by atoms with Gasteiger partial charge >= 0.3 is 6.03 Å². The smallest absolute Gasteiger partial charge is 0.322 e. The lowest BCUT2D eigenvalue weighted by Crippen LogP contribution is -2.56. The van der Waals surface area contributed by atoms with Gasteiger partial charge in [0.2, 0.25) is 0 Å². The third kappa shape index (κ3) is 4.67. The zero-order chi connectivity index (χ0) is 19.6. The number of benzene rings is 1. The van der Waals surface area contributed by atoms with Gasteiger partial charge in [0.15, 0.2) is 0 Å². The summed E-state index contributed by atoms with van der Waals surface area (Å²) < 4.78 is 1.88. The second-order valence-electron chi connectivity index (χ2n) is 7.47. The van der Waals surface area contributed by atoms with E-state index in [9.17, 15) is 9.90 Å². The SMILES string of the molecule is Cc1cc(C)n(-c2cccc(NC(=O)N3CCN(C[C@@H](C)O)C[C@@H]3C)c2)n1. The molecular weight excluding hydrogens is 342 g/mol. The van der Waals surface area contributed by atoms with Crippen LogP contribution in [0, 0.1) is 13.8 Å². The molecule has 0 spiro atoms. The van der Waals surface area contributed by atoms with E-state index >= 15 is 0 Å². The highest BCUT2D eigenvalue weighted by Crippen LogP contribution is 2.18. The molecule has 7 heteroatoms. The standard InChI is InChI=1S/C20H29N5O2/c1-14-10-15(2)25(22-14)19-7-5-6-18(11-19)21-20(27)24-9-8-23(12-16(24)3)13-17(4)26/h5-7,10-11,16-17,26H,8-9,12-13H2,1-4H3,(H,21,27)/t16-,17+/m0/s1. The van der Waals surface area contributed by atoms with E-state index < -0.39 is 0 Å². The van der Waals surface area contributed by atoms with E-state index in [4.69, 9.17) is 0 Å². The number of nitrogens with one attached hydrogen (secondary N) is 1. The fourth-order valence-electron chi connectivity index (χ4n) is 3.68. The fourth-order valence-corrected chi connectivity index (χ4v) is 3.68. The molecule has 2 heterocycles. The Labute approximate surface area is 160 Å². The van der Waals surface area contributed by atoms with Crippen LogP contribution in [0.4, 0.5) is 10.5 Å². The molecule has 2 N–H and O–H groups in total. The molecular formula is C20H29N5O2. The topological polar surface area (TPSA) is 73.6 Å². The number of aliphatic hydroxyl groups is 1. The maximum absolute atomic E-state index is 12.8. The lowest BCUT2D eigenvalue weighted by Gasteiger charge is -2.40. The summed E-state index contributed by atoms with van der Waals surface area (Å²) in [4.78, 5) is 16.8. The number of rotatable bonds is 4. The van der Waals surface area contributed by atoms with E-state index in [1.165, 1.54) is 0 Å². The lowest BCUT2D eigenvalue weighted by atomic mass is 10.2. The maximum atomic E-state index is 12.8. The van der Waals surface area contributed by atoms with Crippen molar-refractivity contribution >= 4 is 11.7 Å². The fraction of sp³-hybridized carbons (Fsp3) is 0.500. The van der Waals surface area contributed by atoms with E-state index in [0.717, 1.165) is 35.9 Å². The number of piperazine rings is 1. The van der Waals surface area contributed by atoms with Crippen LogP contribution in [0.15, 0.2) is 30.3 Å². The van der Waals surface area contributed by atoms with Crippen molar-refractivity contribution in [2.45, 2.75) is 39.8 Å². The van der Waals surface area contributed by atoms with Crippen LogP contribution in [0.1, 0.15) is 25.2 Å². The second kappa shape index (κ2) is 8.10. The number of amides is 2. The van der Waals surface area contributed by atoms with Gasteiger partial charge in [0, 0.05) is 43.6 Å². The number of urea groups is 1. The van der Waals surface area contributed by atoms with Crippen LogP contribution in [0.2, 0.25) is 0 Å². The molecule has 1 aliphatic rings. The van der Waals surface area contributed by atoms with E-state index in [1.807, 2.05) is 60.7 Å². The third-order valence-electron chi connectivity index (χ3n) is 4.85. The first kappa shape index (κ1) is 19.4. The van der Waals surface area contributed by atoms with Gasteiger partial charge in [0.25, 0.3) is 0 Å². The number of carbonyl (C=O) groups excluding carboxylic acids is 1. The number of hydrogen-bond donors (Lipinski definition) is 2. The Bertz CT molecular complexity index is 801. The Morgan fingerprint density at radius 1 is 1.33 bits per heavy atom. The summed E-state index contributed by atoms with van der Waals surface area (Å²) in [7, 11) is 0. The van der Waals surface area contributed by atoms with Gasteiger partial charge in [-0.25, -0.2) is 9.48 Å². The van der Waals surface area contributed by atoms with E-state index in [-0.39, 0.29) is 18.2 Å². The summed E-state index contributed by atoms with van der Waals surface area (Å²) in [5, 5.41) is 17.1. The van der Waals surface area contributed by atoms with Crippen LogP contribution in [-0.2, 0) is 0 Å². The van der Waals surface area contributed by atoms with E-state index in [0.29, 0.717) is 13.1 Å². The molecule has 0 aliphatic carbocycles. The van der Waals surface area contributed by atoms with Crippen molar-refractivity contribution in [3.8, 4) is 5.69 Å². The number of carbonyl (C=O) groups is 1. The normalized spacial score (nSPS) is 19.1. The Balaban J connectivity index is 1.66. The second-order valence-corrected chi connectivity index (χ2v) is 7.47. The van der Waals surface area contributed by atoms with Crippen LogP contribution >= 0.6 is 0 Å². The molecule has 0 unspecified atom stereocenters. The van der Waals surface area contributed by atoms with Crippen molar-refractivity contribution in [2.24, 2.45) is 0 Å². The first-order valence-electron chi connectivity index (χ1n) is 9.45. The van der Waals surface area contributed by atoms with Crippen molar-refractivity contribution in [1.29, 1.82) is 0 Å². The first-order chi connectivity index (χ1) is 12.8. The zero-order valence-corrected chi connectivity index (χ0v) is 16.5. The van der Waals surface area contributed by atoms with Crippen molar-refractivity contribution in [2.75, 3.05) is 31.5 Å². The molecule has 2 amide bonds. The van der Waals surface area contributed by atoms with E-state index in [2.05, 4.69) is 15.3 Å². The van der Waals surface area contributed by atoms with Gasteiger partial charge in [-0.2, -0.15) is 5.10 Å². The number of β-amino-alcohol motifs (C(OH)–C–C–N with tert-alkyl or cyclic N) is 1. The van der Waals surface area contributed by atoms with Crippen molar-refractivity contribution in [3.05, 3.63) is 41.7 Å². The Morgan fingerprint density at radius 3 is 2.74 bits per heavy atom. The highest BCUT2D eigenvalue weighted by atomic mass is 16.3. The van der Waals surface area contributed by atoms with Gasteiger partial charge < -0.3 is 15.3 Å². The molecule has 2 aromatic rings. The average molecular weight is 371 g/mol. The minimum absolute atomic E-state index is 0.0929. The summed E-state index contributed by atoms with van der Waals surface area (Å²) in [6.07, 6.45) is -0.352. The molecule has 1 aliphatic heterocycles. The zero-order valence-electron chi connectivity index (χ0n) is 16.5. The molecule has 146 valence electrons. The number of aliphatic hydroxyl groups excluding tert-OH is 1. The number of anilines is 1. The number of hydrogen-bond acceptors (Lipinski definition) is 4. The summed E-state index contributed by atoms with van der Waals surface area (Å²) in [6.45, 7) is 10.6. The predicted octanol–water partition coefficient (Wildman–Crippen LogP) is 2.41. The van der Waals surface area contributed by atoms with Gasteiger partial charge in [-0.3, -0.25) is 4.90 Å². The van der Waals surface area contributed by atoms with Crippen LogP contribution in [0.25, 0.3) is 5.69 Å². The quantitative estimate of drug-likeness (QED) is 0.866. The largest absolute Gasteiger partial charge is 0.392 e. The Morgan fingerprint density at radius 2 is 2.11 bits per heavy atom. The van der Waals surface area contributed by atoms with Crippen molar-refractivity contribution in [1.82, 2.24) is 19.6 Å². The van der Waals surface area contributed by atoms with Crippen molar-refractivity contribution in [3.63, 3.8) is 0 Å². The minimum Gasteiger partial charge on any atom is -0.392 e. The average Bonchev–Trinajstić information content (AvgIpc) is 2.93. The molecule has 1 aromatic carbocycles. The molecule has 1 saturated heterocycles. The number of aromatic nitrogens is 2. The highest BCUT2D eigenvalue weighted by Gasteiger charge is 2.27. The van der Waals surface area contributed by atoms with Crippen LogP contribution < -0.4 is 5.32 Å². The van der Waals surface area contributed by atoms with Crippen LogP contribution in [0.5, 0.6) is 0 Å². The third-order valence-corrected chi connectivity index (χ3v) is 4.85. The molecule has 0 saturated carbocycles. The summed E-state index contributed by atoms with van der Waals surface area (Å²) in [5.74, 6) is 0. The van der Waals surface area contributed by atoms with Gasteiger partial charge in [-0.1, -0.05) is 6.07 Å². The minimum atomic E-state index is -0.352. The molecule has 7 nitrogen and oxygen atoms in total. The number of aryl methyl sites for hydroxylation is 2. The number of nitrogens with zero attached hydrogens (tertiary/aromatic N) is 4. The van der Waals surface area contributed by atoms with Crippen LogP contribution in [0.3, 0.4) is 0 Å².